The summed E-state index contributed by atoms with van der Waals surface area (Å²) < 4.78 is 11.9. The van der Waals surface area contributed by atoms with Gasteiger partial charge in [-0.1, -0.05) is 6.07 Å². The molecule has 0 aliphatic carbocycles. The van der Waals surface area contributed by atoms with Crippen molar-refractivity contribution in [2.45, 2.75) is 45.3 Å². The van der Waals surface area contributed by atoms with Gasteiger partial charge in [-0.15, -0.1) is 0 Å². The summed E-state index contributed by atoms with van der Waals surface area (Å²) in [6.07, 6.45) is 0.371. The van der Waals surface area contributed by atoms with Gasteiger partial charge in [-0.2, -0.15) is 0 Å². The molecule has 104 valence electrons. The number of aliphatic hydroxyl groups is 1. The average Bonchev–Trinajstić information content (AvgIpc) is 2.48. The molecule has 1 aromatic rings. The molecule has 0 aromatic carbocycles. The molecule has 6 heteroatoms. The Hall–Kier alpha value is -1.11. The van der Waals surface area contributed by atoms with E-state index in [1.165, 1.54) is 6.07 Å². The van der Waals surface area contributed by atoms with Crippen molar-refractivity contribution < 1.29 is 14.4 Å². The van der Waals surface area contributed by atoms with E-state index in [9.17, 15) is 4.79 Å². The highest BCUT2D eigenvalue weighted by Crippen LogP contribution is 2.36. The lowest BCUT2D eigenvalue weighted by molar-refractivity contribution is 0.00578. The molecule has 1 fully saturated rings. The van der Waals surface area contributed by atoms with E-state index in [1.54, 1.807) is 6.07 Å². The van der Waals surface area contributed by atoms with Crippen molar-refractivity contribution in [2.75, 3.05) is 6.61 Å². The van der Waals surface area contributed by atoms with Gasteiger partial charge in [0, 0.05) is 30.3 Å². The zero-order chi connectivity index (χ0) is 14.3. The lowest BCUT2D eigenvalue weighted by Crippen LogP contribution is -2.41. The van der Waals surface area contributed by atoms with Crippen molar-refractivity contribution in [1.29, 1.82) is 0 Å². The maximum atomic E-state index is 11.4. The molecule has 1 aromatic heterocycles. The first-order valence-electron chi connectivity index (χ1n) is 6.45. The Kier molecular flexibility index (Phi) is 3.60. The van der Waals surface area contributed by atoms with Crippen LogP contribution in [0.15, 0.2) is 16.9 Å². The van der Waals surface area contributed by atoms with E-state index in [0.29, 0.717) is 12.1 Å². The SMILES string of the molecule is CC1(C)OB(c2ccc(=O)[nH]c2CCO)OC1(C)C. The Bertz CT molecular complexity index is 508. The van der Waals surface area contributed by atoms with Crippen molar-refractivity contribution in [3.63, 3.8) is 0 Å². The third kappa shape index (κ3) is 2.61. The number of hydrogen-bond acceptors (Lipinski definition) is 4. The largest absolute Gasteiger partial charge is 0.496 e. The molecule has 0 unspecified atom stereocenters. The van der Waals surface area contributed by atoms with Crippen molar-refractivity contribution in [1.82, 2.24) is 4.98 Å². The molecular formula is C13H20BNO4. The Morgan fingerprint density at radius 3 is 2.32 bits per heavy atom. The van der Waals surface area contributed by atoms with Crippen molar-refractivity contribution in [3.05, 3.63) is 28.2 Å². The summed E-state index contributed by atoms with van der Waals surface area (Å²) in [6, 6.07) is 3.15. The van der Waals surface area contributed by atoms with Gasteiger partial charge in [0.15, 0.2) is 0 Å². The fraction of sp³-hybridized carbons (Fsp3) is 0.615. The number of rotatable bonds is 3. The van der Waals surface area contributed by atoms with Gasteiger partial charge in [0.1, 0.15) is 0 Å². The number of aromatic amines is 1. The van der Waals surface area contributed by atoms with Crippen LogP contribution in [0.2, 0.25) is 0 Å². The molecule has 2 heterocycles. The normalized spacial score (nSPS) is 20.8. The van der Waals surface area contributed by atoms with Gasteiger partial charge >= 0.3 is 7.12 Å². The van der Waals surface area contributed by atoms with Crippen molar-refractivity contribution >= 4 is 12.6 Å². The van der Waals surface area contributed by atoms with Crippen molar-refractivity contribution in [2.24, 2.45) is 0 Å². The number of pyridine rings is 1. The smallest absolute Gasteiger partial charge is 0.399 e. The molecule has 0 bridgehead atoms. The number of aromatic nitrogens is 1. The van der Waals surface area contributed by atoms with E-state index in [2.05, 4.69) is 4.98 Å². The van der Waals surface area contributed by atoms with Crippen LogP contribution in [0.1, 0.15) is 33.4 Å². The lowest BCUT2D eigenvalue weighted by atomic mass is 9.77. The van der Waals surface area contributed by atoms with Crippen LogP contribution in [0.25, 0.3) is 0 Å². The molecule has 2 N–H and O–H groups in total. The van der Waals surface area contributed by atoms with E-state index in [1.807, 2.05) is 27.7 Å². The van der Waals surface area contributed by atoms with Gasteiger partial charge in [0.05, 0.1) is 11.2 Å². The average molecular weight is 265 g/mol. The predicted molar refractivity (Wildman–Crippen MR) is 73.6 cm³/mol. The third-order valence-electron chi connectivity index (χ3n) is 3.91. The van der Waals surface area contributed by atoms with E-state index in [0.717, 1.165) is 5.46 Å². The highest BCUT2D eigenvalue weighted by molar-refractivity contribution is 6.62. The maximum absolute atomic E-state index is 11.4. The first-order valence-corrected chi connectivity index (χ1v) is 6.45. The zero-order valence-corrected chi connectivity index (χ0v) is 11.8. The molecule has 0 amide bonds. The van der Waals surface area contributed by atoms with Gasteiger partial charge in [0.25, 0.3) is 0 Å². The minimum Gasteiger partial charge on any atom is -0.399 e. The van der Waals surface area contributed by atoms with Gasteiger partial charge < -0.3 is 19.4 Å². The van der Waals surface area contributed by atoms with Crippen LogP contribution in [0.3, 0.4) is 0 Å². The highest BCUT2D eigenvalue weighted by Gasteiger charge is 2.52. The minimum atomic E-state index is -0.525. The second-order valence-corrected chi connectivity index (χ2v) is 5.82. The van der Waals surface area contributed by atoms with E-state index >= 15 is 0 Å². The van der Waals surface area contributed by atoms with Crippen LogP contribution in [0, 0.1) is 0 Å². The summed E-state index contributed by atoms with van der Waals surface area (Å²) in [6.45, 7) is 7.87. The summed E-state index contributed by atoms with van der Waals surface area (Å²) in [5.41, 5.74) is 0.388. The molecule has 5 nitrogen and oxygen atoms in total. The summed E-state index contributed by atoms with van der Waals surface area (Å²) in [4.78, 5) is 14.1. The van der Waals surface area contributed by atoms with Gasteiger partial charge in [0.2, 0.25) is 5.56 Å². The Labute approximate surface area is 113 Å². The molecule has 1 aliphatic rings. The molecule has 0 radical (unpaired) electrons. The molecule has 19 heavy (non-hydrogen) atoms. The quantitative estimate of drug-likeness (QED) is 0.766. The van der Waals surface area contributed by atoms with Crippen LogP contribution in [-0.2, 0) is 15.7 Å². The van der Waals surface area contributed by atoms with Crippen LogP contribution in [0.4, 0.5) is 0 Å². The van der Waals surface area contributed by atoms with Crippen LogP contribution < -0.4 is 11.0 Å². The molecule has 1 aliphatic heterocycles. The summed E-state index contributed by atoms with van der Waals surface area (Å²) in [5.74, 6) is 0. The summed E-state index contributed by atoms with van der Waals surface area (Å²) in [7, 11) is -0.525. The number of aliphatic hydroxyl groups excluding tert-OH is 1. The van der Waals surface area contributed by atoms with Crippen molar-refractivity contribution in [3.8, 4) is 0 Å². The van der Waals surface area contributed by atoms with Gasteiger partial charge in [-0.05, 0) is 27.7 Å². The Balaban J connectivity index is 2.36. The molecule has 0 saturated carbocycles. The molecular weight excluding hydrogens is 245 g/mol. The second kappa shape index (κ2) is 4.78. The van der Waals surface area contributed by atoms with E-state index in [4.69, 9.17) is 14.4 Å². The standard InChI is InChI=1S/C13H20BNO4/c1-12(2)13(3,4)19-14(18-12)9-5-6-11(17)15-10(9)7-8-16/h5-6,16H,7-8H2,1-4H3,(H,15,17). The van der Waals surface area contributed by atoms with Gasteiger partial charge in [-0.3, -0.25) is 4.79 Å². The second-order valence-electron chi connectivity index (χ2n) is 5.82. The minimum absolute atomic E-state index is 0.0353. The van der Waals surface area contributed by atoms with Crippen LogP contribution in [-0.4, -0.2) is 35.0 Å². The first kappa shape index (κ1) is 14.3. The van der Waals surface area contributed by atoms with Crippen LogP contribution in [0.5, 0.6) is 0 Å². The van der Waals surface area contributed by atoms with E-state index in [-0.39, 0.29) is 12.2 Å². The van der Waals surface area contributed by atoms with Gasteiger partial charge in [-0.25, -0.2) is 0 Å². The summed E-state index contributed by atoms with van der Waals surface area (Å²) in [5, 5.41) is 9.08. The first-order chi connectivity index (χ1) is 8.77. The molecule has 0 spiro atoms. The van der Waals surface area contributed by atoms with Crippen LogP contribution >= 0.6 is 0 Å². The lowest BCUT2D eigenvalue weighted by Gasteiger charge is -2.32. The van der Waals surface area contributed by atoms with E-state index < -0.39 is 18.3 Å². The fourth-order valence-electron chi connectivity index (χ4n) is 2.04. The fourth-order valence-corrected chi connectivity index (χ4v) is 2.04. The molecule has 1 saturated heterocycles. The number of H-pyrrole nitrogens is 1. The molecule has 2 rings (SSSR count). The number of nitrogens with one attached hydrogen (secondary N) is 1. The monoisotopic (exact) mass is 265 g/mol. The molecule has 0 atom stereocenters. The maximum Gasteiger partial charge on any atom is 0.496 e. The third-order valence-corrected chi connectivity index (χ3v) is 3.91. The predicted octanol–water partition coefficient (Wildman–Crippen LogP) is 0.209. The Morgan fingerprint density at radius 1 is 1.21 bits per heavy atom. The topological polar surface area (TPSA) is 71.6 Å². The zero-order valence-electron chi connectivity index (χ0n) is 11.8. The highest BCUT2D eigenvalue weighted by atomic mass is 16.7. The number of hydrogen-bond donors (Lipinski definition) is 2. The Morgan fingerprint density at radius 2 is 1.79 bits per heavy atom. The summed E-state index contributed by atoms with van der Waals surface area (Å²) >= 11 is 0.